The molecule has 96 valence electrons. The first-order valence-corrected chi connectivity index (χ1v) is 6.40. The minimum Gasteiger partial charge on any atom is -0.324 e. The van der Waals surface area contributed by atoms with Crippen LogP contribution in [0.5, 0.6) is 0 Å². The van der Waals surface area contributed by atoms with Crippen molar-refractivity contribution < 1.29 is 4.79 Å². The molecule has 0 fully saturated rings. The molecule has 0 bridgehead atoms. The summed E-state index contributed by atoms with van der Waals surface area (Å²) in [7, 11) is 0. The topological polar surface area (TPSA) is 94.5 Å². The number of thioether (sulfide) groups is 1. The van der Waals surface area contributed by atoms with Gasteiger partial charge in [-0.25, -0.2) is 4.98 Å². The van der Waals surface area contributed by atoms with Crippen LogP contribution >= 0.6 is 11.8 Å². The number of amides is 1. The highest BCUT2D eigenvalue weighted by Gasteiger charge is 2.17. The van der Waals surface area contributed by atoms with Crippen LogP contribution in [0.15, 0.2) is 35.7 Å². The van der Waals surface area contributed by atoms with Crippen LogP contribution in [0, 0.1) is 11.3 Å². The number of hydrogen-bond acceptors (Lipinski definition) is 5. The number of rotatable bonds is 4. The van der Waals surface area contributed by atoms with Gasteiger partial charge in [-0.2, -0.15) is 10.4 Å². The summed E-state index contributed by atoms with van der Waals surface area (Å²) in [6.07, 6.45) is 1.39. The number of benzene rings is 1. The fourth-order valence-electron chi connectivity index (χ4n) is 1.40. The number of nitrogens with one attached hydrogen (secondary N) is 2. The van der Waals surface area contributed by atoms with Crippen LogP contribution in [-0.2, 0) is 4.79 Å². The molecule has 19 heavy (non-hydrogen) atoms. The number of carbonyl (C=O) groups is 1. The smallest absolute Gasteiger partial charge is 0.237 e. The highest BCUT2D eigenvalue weighted by Crippen LogP contribution is 2.21. The van der Waals surface area contributed by atoms with Crippen LogP contribution in [0.2, 0.25) is 0 Å². The van der Waals surface area contributed by atoms with Gasteiger partial charge in [0.15, 0.2) is 5.16 Å². The molecule has 1 heterocycles. The Balaban J connectivity index is 2.03. The minimum absolute atomic E-state index is 0.191. The van der Waals surface area contributed by atoms with E-state index in [1.807, 2.05) is 6.07 Å². The van der Waals surface area contributed by atoms with Gasteiger partial charge >= 0.3 is 0 Å². The van der Waals surface area contributed by atoms with E-state index in [1.165, 1.54) is 18.1 Å². The quantitative estimate of drug-likeness (QED) is 0.828. The van der Waals surface area contributed by atoms with Gasteiger partial charge in [-0.3, -0.25) is 9.89 Å². The van der Waals surface area contributed by atoms with Crippen molar-refractivity contribution in [2.75, 3.05) is 5.32 Å². The van der Waals surface area contributed by atoms with E-state index >= 15 is 0 Å². The molecule has 1 aromatic heterocycles. The number of para-hydroxylation sites is 1. The summed E-state index contributed by atoms with van der Waals surface area (Å²) in [5.41, 5.74) is 0.952. The van der Waals surface area contributed by atoms with E-state index in [0.29, 0.717) is 16.4 Å². The highest BCUT2D eigenvalue weighted by molar-refractivity contribution is 8.00. The molecule has 2 N–H and O–H groups in total. The molecule has 0 saturated carbocycles. The molecule has 7 heteroatoms. The molecule has 0 aliphatic heterocycles. The maximum Gasteiger partial charge on any atom is 0.237 e. The second-order valence-electron chi connectivity index (χ2n) is 3.70. The molecule has 1 amide bonds. The highest BCUT2D eigenvalue weighted by atomic mass is 32.2. The number of nitrogens with zero attached hydrogens (tertiary/aromatic N) is 3. The number of carbonyl (C=O) groups excluding carboxylic acids is 1. The van der Waals surface area contributed by atoms with Gasteiger partial charge in [-0.1, -0.05) is 23.9 Å². The first-order chi connectivity index (χ1) is 9.20. The lowest BCUT2D eigenvalue weighted by Gasteiger charge is -2.11. The molecule has 0 unspecified atom stereocenters. The van der Waals surface area contributed by atoms with Crippen LogP contribution in [0.3, 0.4) is 0 Å². The van der Waals surface area contributed by atoms with Crippen LogP contribution in [0.4, 0.5) is 5.69 Å². The summed E-state index contributed by atoms with van der Waals surface area (Å²) in [6, 6.07) is 8.91. The third-order valence-corrected chi connectivity index (χ3v) is 3.34. The first kappa shape index (κ1) is 13.1. The maximum atomic E-state index is 12.0. The molecular weight excluding hydrogens is 262 g/mol. The predicted octanol–water partition coefficient (Wildman–Crippen LogP) is 1.80. The number of anilines is 1. The average molecular weight is 273 g/mol. The zero-order chi connectivity index (χ0) is 13.7. The number of aromatic nitrogens is 3. The average Bonchev–Trinajstić information content (AvgIpc) is 2.92. The largest absolute Gasteiger partial charge is 0.324 e. The summed E-state index contributed by atoms with van der Waals surface area (Å²) in [4.78, 5) is 15.9. The SMILES string of the molecule is C[C@@H](Sc1ncn[nH]1)C(=O)Nc1ccccc1C#N. The van der Waals surface area contributed by atoms with E-state index in [2.05, 4.69) is 20.5 Å². The van der Waals surface area contributed by atoms with Crippen molar-refractivity contribution in [1.82, 2.24) is 15.2 Å². The van der Waals surface area contributed by atoms with Crippen LogP contribution in [0.1, 0.15) is 12.5 Å². The Morgan fingerprint density at radius 1 is 1.53 bits per heavy atom. The van der Waals surface area contributed by atoms with Crippen molar-refractivity contribution in [2.24, 2.45) is 0 Å². The third-order valence-electron chi connectivity index (χ3n) is 2.36. The molecule has 0 saturated heterocycles. The van der Waals surface area contributed by atoms with Crippen molar-refractivity contribution in [3.8, 4) is 6.07 Å². The maximum absolute atomic E-state index is 12.0. The lowest BCUT2D eigenvalue weighted by molar-refractivity contribution is -0.115. The van der Waals surface area contributed by atoms with Crippen LogP contribution in [-0.4, -0.2) is 26.3 Å². The van der Waals surface area contributed by atoms with Gasteiger partial charge in [-0.15, -0.1) is 0 Å². The molecular formula is C12H11N5OS. The minimum atomic E-state index is -0.348. The molecule has 0 spiro atoms. The monoisotopic (exact) mass is 273 g/mol. The summed E-state index contributed by atoms with van der Waals surface area (Å²) in [5, 5.41) is 18.3. The Morgan fingerprint density at radius 3 is 3.00 bits per heavy atom. The number of H-pyrrole nitrogens is 1. The van der Waals surface area contributed by atoms with Gasteiger partial charge in [0, 0.05) is 0 Å². The van der Waals surface area contributed by atoms with Crippen molar-refractivity contribution in [1.29, 1.82) is 5.26 Å². The lowest BCUT2D eigenvalue weighted by Crippen LogP contribution is -2.23. The summed E-state index contributed by atoms with van der Waals surface area (Å²) >= 11 is 1.27. The first-order valence-electron chi connectivity index (χ1n) is 5.52. The van der Waals surface area contributed by atoms with E-state index in [9.17, 15) is 4.79 Å². The molecule has 6 nitrogen and oxygen atoms in total. The lowest BCUT2D eigenvalue weighted by atomic mass is 10.2. The summed E-state index contributed by atoms with van der Waals surface area (Å²) in [6.45, 7) is 1.76. The Labute approximate surface area is 114 Å². The van der Waals surface area contributed by atoms with Gasteiger partial charge in [0.2, 0.25) is 5.91 Å². The molecule has 0 aliphatic carbocycles. The Bertz CT molecular complexity index is 605. The van der Waals surface area contributed by atoms with Gasteiger partial charge in [0.05, 0.1) is 16.5 Å². The Hall–Kier alpha value is -2.33. The third kappa shape index (κ3) is 3.33. The van der Waals surface area contributed by atoms with Crippen molar-refractivity contribution in [3.05, 3.63) is 36.2 Å². The molecule has 2 aromatic rings. The summed E-state index contributed by atoms with van der Waals surface area (Å²) in [5.74, 6) is -0.191. The number of nitriles is 1. The van der Waals surface area contributed by atoms with Crippen LogP contribution < -0.4 is 5.32 Å². The predicted molar refractivity (Wildman–Crippen MR) is 71.5 cm³/mol. The molecule has 2 rings (SSSR count). The number of hydrogen-bond donors (Lipinski definition) is 2. The van der Waals surface area contributed by atoms with Gasteiger partial charge in [-0.05, 0) is 19.1 Å². The molecule has 0 radical (unpaired) electrons. The standard InChI is InChI=1S/C12H11N5OS/c1-8(19-12-14-7-15-17-12)11(18)16-10-5-3-2-4-9(10)6-13/h2-5,7-8H,1H3,(H,16,18)(H,14,15,17)/t8-/m1/s1. The fourth-order valence-corrected chi connectivity index (χ4v) is 2.11. The molecule has 1 aromatic carbocycles. The molecule has 0 aliphatic rings. The number of aromatic amines is 1. The normalized spacial score (nSPS) is 11.6. The second-order valence-corrected chi connectivity index (χ2v) is 5.03. The fraction of sp³-hybridized carbons (Fsp3) is 0.167. The Morgan fingerprint density at radius 2 is 2.32 bits per heavy atom. The molecule has 1 atom stereocenters. The van der Waals surface area contributed by atoms with E-state index in [-0.39, 0.29) is 11.2 Å². The van der Waals surface area contributed by atoms with E-state index in [1.54, 1.807) is 31.2 Å². The van der Waals surface area contributed by atoms with Crippen molar-refractivity contribution in [2.45, 2.75) is 17.3 Å². The van der Waals surface area contributed by atoms with E-state index in [4.69, 9.17) is 5.26 Å². The zero-order valence-corrected chi connectivity index (χ0v) is 10.9. The summed E-state index contributed by atoms with van der Waals surface area (Å²) < 4.78 is 0. The van der Waals surface area contributed by atoms with E-state index in [0.717, 1.165) is 0 Å². The van der Waals surface area contributed by atoms with Gasteiger partial charge in [0.1, 0.15) is 12.4 Å². The van der Waals surface area contributed by atoms with Gasteiger partial charge < -0.3 is 5.32 Å². The van der Waals surface area contributed by atoms with E-state index < -0.39 is 0 Å². The van der Waals surface area contributed by atoms with Crippen LogP contribution in [0.25, 0.3) is 0 Å². The Kier molecular flexibility index (Phi) is 4.15. The van der Waals surface area contributed by atoms with Gasteiger partial charge in [0.25, 0.3) is 0 Å². The second kappa shape index (κ2) is 6.02. The van der Waals surface area contributed by atoms with Crippen molar-refractivity contribution >= 4 is 23.4 Å². The van der Waals surface area contributed by atoms with Crippen molar-refractivity contribution in [3.63, 3.8) is 0 Å². The zero-order valence-electron chi connectivity index (χ0n) is 10.1.